The maximum atomic E-state index is 12.4. The maximum absolute atomic E-state index is 12.4. The number of rotatable bonds is 4. The summed E-state index contributed by atoms with van der Waals surface area (Å²) in [4.78, 5) is 4.18. The smallest absolute Gasteiger partial charge is 0.252 e. The Hall–Kier alpha value is -0.500. The van der Waals surface area contributed by atoms with Crippen LogP contribution >= 0.6 is 11.3 Å². The third-order valence-electron chi connectivity index (χ3n) is 3.62. The Labute approximate surface area is 118 Å². The van der Waals surface area contributed by atoms with Gasteiger partial charge in [0.15, 0.2) is 4.21 Å². The van der Waals surface area contributed by atoms with E-state index < -0.39 is 10.0 Å². The van der Waals surface area contributed by atoms with E-state index in [1.807, 2.05) is 6.92 Å². The van der Waals surface area contributed by atoms with Crippen LogP contribution in [0.3, 0.4) is 0 Å². The lowest BCUT2D eigenvalue weighted by Gasteiger charge is -2.30. The first-order chi connectivity index (χ1) is 8.94. The van der Waals surface area contributed by atoms with E-state index >= 15 is 0 Å². The third-order valence-corrected chi connectivity index (χ3v) is 6.80. The third kappa shape index (κ3) is 3.34. The Bertz CT molecular complexity index is 539. The van der Waals surface area contributed by atoms with Crippen molar-refractivity contribution in [2.75, 3.05) is 6.54 Å². The van der Waals surface area contributed by atoms with E-state index in [0.717, 1.165) is 30.7 Å². The lowest BCUT2D eigenvalue weighted by molar-refractivity contribution is 0.296. The summed E-state index contributed by atoms with van der Waals surface area (Å²) in [5.41, 5.74) is 6.32. The van der Waals surface area contributed by atoms with Crippen molar-refractivity contribution in [1.29, 1.82) is 0 Å². The molecule has 3 N–H and O–H groups in total. The van der Waals surface area contributed by atoms with Gasteiger partial charge >= 0.3 is 0 Å². The molecule has 0 amide bonds. The maximum Gasteiger partial charge on any atom is 0.252 e. The topological polar surface area (TPSA) is 85.1 Å². The lowest BCUT2D eigenvalue weighted by atomic mass is 9.85. The van der Waals surface area contributed by atoms with Crippen molar-refractivity contribution < 1.29 is 8.42 Å². The molecule has 0 radical (unpaired) electrons. The monoisotopic (exact) mass is 303 g/mol. The van der Waals surface area contributed by atoms with Crippen molar-refractivity contribution in [3.8, 4) is 0 Å². The predicted octanol–water partition coefficient (Wildman–Crippen LogP) is 1.56. The fourth-order valence-corrected chi connectivity index (χ4v) is 5.50. The van der Waals surface area contributed by atoms with Crippen LogP contribution in [0, 0.1) is 19.8 Å². The molecule has 19 heavy (non-hydrogen) atoms. The Balaban J connectivity index is 2.19. The first-order valence-electron chi connectivity index (χ1n) is 6.60. The summed E-state index contributed by atoms with van der Waals surface area (Å²) in [7, 11) is -3.46. The fraction of sp³-hybridized carbons (Fsp3) is 0.750. The summed E-state index contributed by atoms with van der Waals surface area (Å²) < 4.78 is 28.0. The molecule has 0 unspecified atom stereocenters. The van der Waals surface area contributed by atoms with E-state index in [4.69, 9.17) is 5.73 Å². The van der Waals surface area contributed by atoms with Gasteiger partial charge in [-0.2, -0.15) is 0 Å². The number of aryl methyl sites for hydroxylation is 2. The van der Waals surface area contributed by atoms with Crippen molar-refractivity contribution in [2.24, 2.45) is 11.7 Å². The Morgan fingerprint density at radius 1 is 1.37 bits per heavy atom. The van der Waals surface area contributed by atoms with E-state index in [0.29, 0.717) is 16.4 Å². The van der Waals surface area contributed by atoms with Crippen LogP contribution in [0.1, 0.15) is 36.4 Å². The highest BCUT2D eigenvalue weighted by Gasteiger charge is 2.30. The standard InChI is InChI=1S/C12H21N3O2S2/c1-8-12(18-9(2)14-8)19(16,17)15-11-6-4-3-5-10(11)7-13/h10-11,15H,3-7,13H2,1-2H3/t10-,11-/m1/s1. The molecule has 2 rings (SSSR count). The summed E-state index contributed by atoms with van der Waals surface area (Å²) in [6.45, 7) is 4.09. The highest BCUT2D eigenvalue weighted by atomic mass is 32.2. The van der Waals surface area contributed by atoms with Gasteiger partial charge in [-0.25, -0.2) is 18.1 Å². The van der Waals surface area contributed by atoms with E-state index in [1.165, 1.54) is 11.3 Å². The molecule has 5 nitrogen and oxygen atoms in total. The molecule has 2 atom stereocenters. The van der Waals surface area contributed by atoms with Gasteiger partial charge in [-0.15, -0.1) is 11.3 Å². The molecule has 0 spiro atoms. The van der Waals surface area contributed by atoms with Crippen LogP contribution in [0.2, 0.25) is 0 Å². The fourth-order valence-electron chi connectivity index (χ4n) is 2.66. The quantitative estimate of drug-likeness (QED) is 0.884. The Morgan fingerprint density at radius 3 is 2.63 bits per heavy atom. The SMILES string of the molecule is Cc1nc(C)c(S(=O)(=O)N[C@@H]2CCCC[C@@H]2CN)s1. The molecule has 0 saturated heterocycles. The average molecular weight is 303 g/mol. The molecule has 108 valence electrons. The van der Waals surface area contributed by atoms with Crippen LogP contribution in [-0.4, -0.2) is 26.0 Å². The van der Waals surface area contributed by atoms with Gasteiger partial charge < -0.3 is 5.73 Å². The number of hydrogen-bond donors (Lipinski definition) is 2. The second-order valence-corrected chi connectivity index (χ2v) is 8.23. The second-order valence-electron chi connectivity index (χ2n) is 5.11. The van der Waals surface area contributed by atoms with Crippen LogP contribution in [-0.2, 0) is 10.0 Å². The highest BCUT2D eigenvalue weighted by Crippen LogP contribution is 2.27. The number of aromatic nitrogens is 1. The molecule has 0 bridgehead atoms. The number of sulfonamides is 1. The molecule has 1 saturated carbocycles. The molecule has 1 heterocycles. The Morgan fingerprint density at radius 2 is 2.05 bits per heavy atom. The van der Waals surface area contributed by atoms with Crippen LogP contribution in [0.15, 0.2) is 4.21 Å². The number of hydrogen-bond acceptors (Lipinski definition) is 5. The summed E-state index contributed by atoms with van der Waals surface area (Å²) in [5, 5.41) is 0.775. The van der Waals surface area contributed by atoms with Gasteiger partial charge in [0, 0.05) is 6.04 Å². The van der Waals surface area contributed by atoms with Gasteiger partial charge in [-0.1, -0.05) is 12.8 Å². The van der Waals surface area contributed by atoms with Gasteiger partial charge in [0.25, 0.3) is 10.0 Å². The van der Waals surface area contributed by atoms with Crippen molar-refractivity contribution in [1.82, 2.24) is 9.71 Å². The van der Waals surface area contributed by atoms with E-state index in [2.05, 4.69) is 9.71 Å². The largest absolute Gasteiger partial charge is 0.330 e. The lowest BCUT2D eigenvalue weighted by Crippen LogP contribution is -2.44. The summed E-state index contributed by atoms with van der Waals surface area (Å²) in [6, 6.07) is -0.0365. The van der Waals surface area contributed by atoms with Crippen LogP contribution < -0.4 is 10.5 Å². The average Bonchev–Trinajstić information content (AvgIpc) is 2.69. The highest BCUT2D eigenvalue weighted by molar-refractivity contribution is 7.91. The van der Waals surface area contributed by atoms with Gasteiger partial charge in [0.2, 0.25) is 0 Å². The number of nitrogens with two attached hydrogens (primary N) is 1. The summed E-state index contributed by atoms with van der Waals surface area (Å²) >= 11 is 1.23. The van der Waals surface area contributed by atoms with Crippen LogP contribution in [0.25, 0.3) is 0 Å². The van der Waals surface area contributed by atoms with Gasteiger partial charge in [-0.3, -0.25) is 0 Å². The van der Waals surface area contributed by atoms with E-state index in [-0.39, 0.29) is 12.0 Å². The Kier molecular flexibility index (Phi) is 4.60. The normalized spacial score (nSPS) is 24.6. The zero-order valence-electron chi connectivity index (χ0n) is 11.3. The van der Waals surface area contributed by atoms with Crippen LogP contribution in [0.4, 0.5) is 0 Å². The molecule has 1 aromatic heterocycles. The van der Waals surface area contributed by atoms with Crippen LogP contribution in [0.5, 0.6) is 0 Å². The summed E-state index contributed by atoms with van der Waals surface area (Å²) in [6.07, 6.45) is 4.07. The van der Waals surface area contributed by atoms with E-state index in [9.17, 15) is 8.42 Å². The number of thiazole rings is 1. The molecule has 0 aliphatic heterocycles. The minimum absolute atomic E-state index is 0.0365. The van der Waals surface area contributed by atoms with E-state index in [1.54, 1.807) is 6.92 Å². The zero-order valence-corrected chi connectivity index (χ0v) is 13.0. The molecule has 0 aromatic carbocycles. The van der Waals surface area contributed by atoms with Gasteiger partial charge in [-0.05, 0) is 39.2 Å². The zero-order chi connectivity index (χ0) is 14.0. The molecule has 1 fully saturated rings. The molecular weight excluding hydrogens is 282 g/mol. The van der Waals surface area contributed by atoms with Crippen molar-refractivity contribution in [3.05, 3.63) is 10.7 Å². The van der Waals surface area contributed by atoms with Gasteiger partial charge in [0.05, 0.1) is 10.7 Å². The first-order valence-corrected chi connectivity index (χ1v) is 8.90. The number of nitrogens with one attached hydrogen (secondary N) is 1. The minimum atomic E-state index is -3.46. The summed E-state index contributed by atoms with van der Waals surface area (Å²) in [5.74, 6) is 0.248. The minimum Gasteiger partial charge on any atom is -0.330 e. The predicted molar refractivity (Wildman–Crippen MR) is 76.7 cm³/mol. The van der Waals surface area contributed by atoms with Crippen molar-refractivity contribution >= 4 is 21.4 Å². The molecular formula is C12H21N3O2S2. The number of nitrogens with zero attached hydrogens (tertiary/aromatic N) is 1. The molecule has 7 heteroatoms. The first kappa shape index (κ1) is 14.9. The molecule has 1 aromatic rings. The van der Waals surface area contributed by atoms with Crippen molar-refractivity contribution in [3.63, 3.8) is 0 Å². The van der Waals surface area contributed by atoms with Gasteiger partial charge in [0.1, 0.15) is 0 Å². The molecule has 1 aliphatic carbocycles. The molecule has 1 aliphatic rings. The second kappa shape index (κ2) is 5.87. The van der Waals surface area contributed by atoms with Crippen molar-refractivity contribution in [2.45, 2.75) is 49.8 Å².